The third-order valence-corrected chi connectivity index (χ3v) is 5.12. The largest absolute Gasteiger partial charge is 0.458 e. The van der Waals surface area contributed by atoms with Gasteiger partial charge >= 0.3 is 5.97 Å². The maximum Gasteiger partial charge on any atom is 0.329 e. The van der Waals surface area contributed by atoms with Gasteiger partial charge < -0.3 is 15.0 Å². The molecule has 0 radical (unpaired) electrons. The molecule has 0 heterocycles. The summed E-state index contributed by atoms with van der Waals surface area (Å²) in [5.74, 6) is -0.0777. The highest BCUT2D eigenvalue weighted by Crippen LogP contribution is 2.21. The van der Waals surface area contributed by atoms with Crippen LogP contribution in [0.4, 0.5) is 0 Å². The molecule has 1 aromatic rings. The minimum Gasteiger partial charge on any atom is -0.458 e. The van der Waals surface area contributed by atoms with Crippen molar-refractivity contribution in [3.05, 3.63) is 35.9 Å². The van der Waals surface area contributed by atoms with Gasteiger partial charge in [0.2, 0.25) is 11.8 Å². The lowest BCUT2D eigenvalue weighted by atomic mass is 10.2. The number of hydrogen-bond acceptors (Lipinski definition) is 5. The Labute approximate surface area is 172 Å². The zero-order chi connectivity index (χ0) is 21.3. The van der Waals surface area contributed by atoms with E-state index in [0.717, 1.165) is 5.56 Å². The average Bonchev–Trinajstić information content (AvgIpc) is 2.61. The molecule has 7 heteroatoms. The molecule has 156 valence electrons. The molecule has 2 atom stereocenters. The van der Waals surface area contributed by atoms with Crippen molar-refractivity contribution in [1.82, 2.24) is 10.2 Å². The molecule has 6 nitrogen and oxygen atoms in total. The van der Waals surface area contributed by atoms with E-state index >= 15 is 0 Å². The second-order valence-corrected chi connectivity index (χ2v) is 8.99. The molecular weight excluding hydrogens is 376 g/mol. The summed E-state index contributed by atoms with van der Waals surface area (Å²) in [6, 6.07) is 9.18. The Morgan fingerprint density at radius 1 is 1.14 bits per heavy atom. The lowest BCUT2D eigenvalue weighted by molar-refractivity contribution is -0.163. The number of esters is 1. The molecule has 2 amide bonds. The molecule has 28 heavy (non-hydrogen) atoms. The van der Waals surface area contributed by atoms with E-state index < -0.39 is 17.6 Å². The number of nitrogens with zero attached hydrogens (tertiary/aromatic N) is 1. The van der Waals surface area contributed by atoms with Gasteiger partial charge in [-0.05, 0) is 40.2 Å². The van der Waals surface area contributed by atoms with Crippen LogP contribution in [0.1, 0.15) is 47.1 Å². The number of amides is 2. The van der Waals surface area contributed by atoms with E-state index in [2.05, 4.69) is 5.32 Å². The standard InChI is InChI=1S/C21H32N2O4S/c1-15(20(26)27-21(4,5)6)23(13-12-22-17(3)24)19(25)16(2)28-14-18-10-8-7-9-11-18/h7-11,15-16H,12-14H2,1-6H3,(H,22,24)/t15-,16-/m1/s1. The SMILES string of the molecule is CC(=O)NCCN(C(=O)[C@@H](C)SCc1ccccc1)[C@H](C)C(=O)OC(C)(C)C. The molecule has 0 saturated heterocycles. The van der Waals surface area contributed by atoms with Crippen LogP contribution in [0.15, 0.2) is 30.3 Å². The predicted molar refractivity (Wildman–Crippen MR) is 113 cm³/mol. The Kier molecular flexibility index (Phi) is 9.52. The van der Waals surface area contributed by atoms with Crippen molar-refractivity contribution >= 4 is 29.5 Å². The first-order chi connectivity index (χ1) is 13.0. The molecular formula is C21H32N2O4S. The number of carbonyl (C=O) groups is 3. The average molecular weight is 409 g/mol. The van der Waals surface area contributed by atoms with Gasteiger partial charge in [-0.15, -0.1) is 11.8 Å². The first-order valence-electron chi connectivity index (χ1n) is 9.44. The van der Waals surface area contributed by atoms with Crippen LogP contribution in [0.25, 0.3) is 0 Å². The van der Waals surface area contributed by atoms with Crippen molar-refractivity contribution in [2.45, 2.75) is 64.2 Å². The smallest absolute Gasteiger partial charge is 0.329 e. The van der Waals surface area contributed by atoms with Crippen molar-refractivity contribution in [2.75, 3.05) is 13.1 Å². The number of carbonyl (C=O) groups excluding carboxylic acids is 3. The maximum absolute atomic E-state index is 13.0. The van der Waals surface area contributed by atoms with Crippen LogP contribution in [-0.4, -0.2) is 52.7 Å². The van der Waals surface area contributed by atoms with E-state index in [1.807, 2.05) is 37.3 Å². The van der Waals surface area contributed by atoms with Gasteiger partial charge in [-0.2, -0.15) is 0 Å². The number of thioether (sulfide) groups is 1. The Morgan fingerprint density at radius 3 is 2.29 bits per heavy atom. The minimum atomic E-state index is -0.736. The normalized spacial score (nSPS) is 13.4. The molecule has 0 aliphatic rings. The Hall–Kier alpha value is -2.02. The van der Waals surface area contributed by atoms with Gasteiger partial charge in [-0.25, -0.2) is 4.79 Å². The van der Waals surface area contributed by atoms with Crippen LogP contribution in [0, 0.1) is 0 Å². The fourth-order valence-corrected chi connectivity index (χ4v) is 3.37. The van der Waals surface area contributed by atoms with Crippen molar-refractivity contribution < 1.29 is 19.1 Å². The van der Waals surface area contributed by atoms with Crippen LogP contribution in [0.3, 0.4) is 0 Å². The number of ether oxygens (including phenoxy) is 1. The molecule has 0 saturated carbocycles. The number of nitrogens with one attached hydrogen (secondary N) is 1. The molecule has 1 rings (SSSR count). The van der Waals surface area contributed by atoms with E-state index in [4.69, 9.17) is 4.74 Å². The van der Waals surface area contributed by atoms with Crippen LogP contribution in [0.5, 0.6) is 0 Å². The topological polar surface area (TPSA) is 75.7 Å². The zero-order valence-corrected chi connectivity index (χ0v) is 18.5. The molecule has 0 aliphatic carbocycles. The van der Waals surface area contributed by atoms with Gasteiger partial charge in [0, 0.05) is 25.8 Å². The number of rotatable bonds is 9. The van der Waals surface area contributed by atoms with Crippen molar-refractivity contribution in [3.8, 4) is 0 Å². The Morgan fingerprint density at radius 2 is 1.75 bits per heavy atom. The van der Waals surface area contributed by atoms with E-state index in [-0.39, 0.29) is 30.2 Å². The van der Waals surface area contributed by atoms with Gasteiger partial charge in [-0.3, -0.25) is 9.59 Å². The Bertz CT molecular complexity index is 658. The second-order valence-electron chi connectivity index (χ2n) is 7.66. The first kappa shape index (κ1) is 24.0. The molecule has 1 aromatic carbocycles. The highest BCUT2D eigenvalue weighted by atomic mass is 32.2. The molecule has 0 spiro atoms. The van der Waals surface area contributed by atoms with E-state index in [1.165, 1.54) is 23.6 Å². The first-order valence-corrected chi connectivity index (χ1v) is 10.5. The van der Waals surface area contributed by atoms with E-state index in [1.54, 1.807) is 27.7 Å². The van der Waals surface area contributed by atoms with Gasteiger partial charge in [0.25, 0.3) is 0 Å². The molecule has 0 aliphatic heterocycles. The summed E-state index contributed by atoms with van der Waals surface area (Å²) < 4.78 is 5.44. The maximum atomic E-state index is 13.0. The van der Waals surface area contributed by atoms with Crippen molar-refractivity contribution in [1.29, 1.82) is 0 Å². The van der Waals surface area contributed by atoms with Crippen LogP contribution >= 0.6 is 11.8 Å². The fourth-order valence-electron chi connectivity index (χ4n) is 2.46. The number of benzene rings is 1. The molecule has 0 bridgehead atoms. The lowest BCUT2D eigenvalue weighted by Gasteiger charge is -2.32. The quantitative estimate of drug-likeness (QED) is 0.636. The molecule has 0 aromatic heterocycles. The lowest BCUT2D eigenvalue weighted by Crippen LogP contribution is -2.50. The van der Waals surface area contributed by atoms with Crippen LogP contribution < -0.4 is 5.32 Å². The highest BCUT2D eigenvalue weighted by Gasteiger charge is 2.32. The fraction of sp³-hybridized carbons (Fsp3) is 0.571. The minimum absolute atomic E-state index is 0.148. The van der Waals surface area contributed by atoms with Gasteiger partial charge in [-0.1, -0.05) is 30.3 Å². The van der Waals surface area contributed by atoms with Crippen molar-refractivity contribution in [3.63, 3.8) is 0 Å². The summed E-state index contributed by atoms with van der Waals surface area (Å²) >= 11 is 1.52. The van der Waals surface area contributed by atoms with Gasteiger partial charge in [0.05, 0.1) is 5.25 Å². The van der Waals surface area contributed by atoms with Gasteiger partial charge in [0.1, 0.15) is 11.6 Å². The zero-order valence-electron chi connectivity index (χ0n) is 17.7. The van der Waals surface area contributed by atoms with Crippen LogP contribution in [-0.2, 0) is 24.9 Å². The summed E-state index contributed by atoms with van der Waals surface area (Å²) in [5.41, 5.74) is 0.503. The molecule has 0 fully saturated rings. The second kappa shape index (κ2) is 11.1. The number of hydrogen-bond donors (Lipinski definition) is 1. The molecule has 0 unspecified atom stereocenters. The third kappa shape index (κ3) is 8.78. The third-order valence-electron chi connectivity index (χ3n) is 3.92. The Balaban J connectivity index is 2.81. The van der Waals surface area contributed by atoms with Crippen molar-refractivity contribution in [2.24, 2.45) is 0 Å². The summed E-state index contributed by atoms with van der Waals surface area (Å²) in [4.78, 5) is 38.2. The highest BCUT2D eigenvalue weighted by molar-refractivity contribution is 7.99. The van der Waals surface area contributed by atoms with Crippen LogP contribution in [0.2, 0.25) is 0 Å². The summed E-state index contributed by atoms with van der Waals surface area (Å²) in [6.45, 7) is 10.8. The summed E-state index contributed by atoms with van der Waals surface area (Å²) in [5, 5.41) is 2.35. The summed E-state index contributed by atoms with van der Waals surface area (Å²) in [7, 11) is 0. The summed E-state index contributed by atoms with van der Waals surface area (Å²) in [6.07, 6.45) is 0. The van der Waals surface area contributed by atoms with Gasteiger partial charge in [0.15, 0.2) is 0 Å². The molecule has 1 N–H and O–H groups in total. The van der Waals surface area contributed by atoms with E-state index in [0.29, 0.717) is 5.75 Å². The van der Waals surface area contributed by atoms with E-state index in [9.17, 15) is 14.4 Å². The predicted octanol–water partition coefficient (Wildman–Crippen LogP) is 3.00. The monoisotopic (exact) mass is 408 g/mol.